The molecule has 6 nitrogen and oxygen atoms in total. The molecule has 1 fully saturated rings. The Morgan fingerprint density at radius 2 is 1.73 bits per heavy atom. The Morgan fingerprint density at radius 3 is 2.43 bits per heavy atom. The van der Waals surface area contributed by atoms with Gasteiger partial charge in [0.25, 0.3) is 5.91 Å². The molecule has 3 aromatic rings. The lowest BCUT2D eigenvalue weighted by Gasteiger charge is -2.35. The molecule has 0 atom stereocenters. The van der Waals surface area contributed by atoms with E-state index in [-0.39, 0.29) is 5.56 Å². The molecule has 4 rings (SSSR count). The summed E-state index contributed by atoms with van der Waals surface area (Å²) in [7, 11) is 0. The van der Waals surface area contributed by atoms with E-state index < -0.39 is 11.7 Å². The molecule has 30 heavy (non-hydrogen) atoms. The van der Waals surface area contributed by atoms with Gasteiger partial charge in [-0.2, -0.15) is 0 Å². The predicted molar refractivity (Wildman–Crippen MR) is 114 cm³/mol. The van der Waals surface area contributed by atoms with Crippen LogP contribution in [-0.4, -0.2) is 47.1 Å². The Balaban J connectivity index is 1.32. The highest BCUT2D eigenvalue weighted by atomic mass is 19.1. The Kier molecular flexibility index (Phi) is 5.90. The average molecular weight is 406 g/mol. The van der Waals surface area contributed by atoms with E-state index in [1.54, 1.807) is 30.5 Å². The first-order valence-electron chi connectivity index (χ1n) is 9.86. The van der Waals surface area contributed by atoms with Crippen molar-refractivity contribution in [1.29, 1.82) is 0 Å². The van der Waals surface area contributed by atoms with Crippen molar-refractivity contribution in [2.45, 2.75) is 6.54 Å². The number of halogens is 1. The van der Waals surface area contributed by atoms with Gasteiger partial charge in [-0.15, -0.1) is 0 Å². The molecule has 7 heteroatoms. The van der Waals surface area contributed by atoms with E-state index in [1.165, 1.54) is 12.1 Å². The Hall–Kier alpha value is -3.45. The van der Waals surface area contributed by atoms with Crippen LogP contribution in [0.15, 0.2) is 66.9 Å². The van der Waals surface area contributed by atoms with Crippen LogP contribution in [0.25, 0.3) is 0 Å². The summed E-state index contributed by atoms with van der Waals surface area (Å²) in [5, 5.41) is 12.6. The fraction of sp³-hybridized carbons (Fsp3) is 0.217. The first-order valence-corrected chi connectivity index (χ1v) is 9.86. The van der Waals surface area contributed by atoms with Crippen LogP contribution < -0.4 is 10.2 Å². The van der Waals surface area contributed by atoms with Crippen LogP contribution >= 0.6 is 0 Å². The molecule has 1 aromatic heterocycles. The molecule has 2 aromatic carbocycles. The molecule has 0 radical (unpaired) electrons. The van der Waals surface area contributed by atoms with Crippen molar-refractivity contribution >= 4 is 17.4 Å². The third-order valence-electron chi connectivity index (χ3n) is 5.21. The number of aromatic hydroxyl groups is 1. The SMILES string of the molecule is O=C(Nc1ccc(N2CCN(Cc3ccccc3O)CC2)nc1)c1ccccc1F. The van der Waals surface area contributed by atoms with Crippen molar-refractivity contribution in [2.24, 2.45) is 0 Å². The number of carbonyl (C=O) groups is 1. The molecule has 1 saturated heterocycles. The van der Waals surface area contributed by atoms with E-state index >= 15 is 0 Å². The normalized spacial score (nSPS) is 14.5. The highest BCUT2D eigenvalue weighted by Crippen LogP contribution is 2.21. The number of nitrogens with zero attached hydrogens (tertiary/aromatic N) is 3. The molecule has 2 heterocycles. The number of hydrogen-bond acceptors (Lipinski definition) is 5. The predicted octanol–water partition coefficient (Wildman–Crippen LogP) is 3.50. The average Bonchev–Trinajstić information content (AvgIpc) is 2.77. The van der Waals surface area contributed by atoms with Gasteiger partial charge in [0, 0.05) is 38.3 Å². The number of phenolic OH excluding ortho intramolecular Hbond substituents is 1. The highest BCUT2D eigenvalue weighted by molar-refractivity contribution is 6.04. The van der Waals surface area contributed by atoms with Crippen LogP contribution in [0.2, 0.25) is 0 Å². The first kappa shape index (κ1) is 19.8. The molecule has 154 valence electrons. The number of piperazine rings is 1. The van der Waals surface area contributed by atoms with Gasteiger partial charge in [-0.1, -0.05) is 30.3 Å². The van der Waals surface area contributed by atoms with Gasteiger partial charge < -0.3 is 15.3 Å². The van der Waals surface area contributed by atoms with Gasteiger partial charge in [0.05, 0.1) is 17.4 Å². The number of amides is 1. The number of phenols is 1. The number of benzene rings is 2. The van der Waals surface area contributed by atoms with Crippen LogP contribution in [0.3, 0.4) is 0 Å². The van der Waals surface area contributed by atoms with E-state index in [2.05, 4.69) is 20.1 Å². The van der Waals surface area contributed by atoms with Crippen molar-refractivity contribution in [3.8, 4) is 5.75 Å². The number of anilines is 2. The fourth-order valence-corrected chi connectivity index (χ4v) is 3.51. The summed E-state index contributed by atoms with van der Waals surface area (Å²) in [6.07, 6.45) is 1.59. The zero-order chi connectivity index (χ0) is 20.9. The Morgan fingerprint density at radius 1 is 1.00 bits per heavy atom. The summed E-state index contributed by atoms with van der Waals surface area (Å²) in [6, 6.07) is 16.9. The second-order valence-corrected chi connectivity index (χ2v) is 7.23. The Labute approximate surface area is 174 Å². The molecular weight excluding hydrogens is 383 g/mol. The third kappa shape index (κ3) is 4.58. The van der Waals surface area contributed by atoms with Gasteiger partial charge in [-0.05, 0) is 30.3 Å². The number of nitrogens with one attached hydrogen (secondary N) is 1. The summed E-state index contributed by atoms with van der Waals surface area (Å²) in [5.74, 6) is 0.109. The quantitative estimate of drug-likeness (QED) is 0.679. The van der Waals surface area contributed by atoms with E-state index in [9.17, 15) is 14.3 Å². The monoisotopic (exact) mass is 406 g/mol. The number of para-hydroxylation sites is 1. The molecule has 1 amide bonds. The summed E-state index contributed by atoms with van der Waals surface area (Å²) < 4.78 is 13.7. The van der Waals surface area contributed by atoms with Gasteiger partial charge in [0.1, 0.15) is 17.4 Å². The van der Waals surface area contributed by atoms with Gasteiger partial charge in [0.2, 0.25) is 0 Å². The second-order valence-electron chi connectivity index (χ2n) is 7.23. The van der Waals surface area contributed by atoms with Crippen LogP contribution in [0.5, 0.6) is 5.75 Å². The number of carbonyl (C=O) groups excluding carboxylic acids is 1. The van der Waals surface area contributed by atoms with Gasteiger partial charge in [0.15, 0.2) is 0 Å². The minimum Gasteiger partial charge on any atom is -0.508 e. The van der Waals surface area contributed by atoms with Crippen LogP contribution in [-0.2, 0) is 6.54 Å². The van der Waals surface area contributed by atoms with Gasteiger partial charge in [-0.25, -0.2) is 9.37 Å². The lowest BCUT2D eigenvalue weighted by molar-refractivity contribution is 0.102. The summed E-state index contributed by atoms with van der Waals surface area (Å²) in [4.78, 5) is 21.2. The number of rotatable bonds is 5. The lowest BCUT2D eigenvalue weighted by Crippen LogP contribution is -2.46. The third-order valence-corrected chi connectivity index (χ3v) is 5.21. The summed E-state index contributed by atoms with van der Waals surface area (Å²) in [5.41, 5.74) is 1.45. The zero-order valence-electron chi connectivity index (χ0n) is 16.5. The fourth-order valence-electron chi connectivity index (χ4n) is 3.51. The molecule has 0 spiro atoms. The number of pyridine rings is 1. The zero-order valence-corrected chi connectivity index (χ0v) is 16.5. The maximum absolute atomic E-state index is 13.7. The molecular formula is C23H23FN4O2. The molecule has 0 saturated carbocycles. The van der Waals surface area contributed by atoms with Gasteiger partial charge >= 0.3 is 0 Å². The summed E-state index contributed by atoms with van der Waals surface area (Å²) >= 11 is 0. The topological polar surface area (TPSA) is 68.7 Å². The first-order chi connectivity index (χ1) is 14.6. The van der Waals surface area contributed by atoms with Crippen molar-refractivity contribution in [3.05, 3.63) is 83.8 Å². The van der Waals surface area contributed by atoms with Crippen LogP contribution in [0.4, 0.5) is 15.9 Å². The van der Waals surface area contributed by atoms with Crippen molar-refractivity contribution in [1.82, 2.24) is 9.88 Å². The van der Waals surface area contributed by atoms with Crippen molar-refractivity contribution in [3.63, 3.8) is 0 Å². The van der Waals surface area contributed by atoms with E-state index in [4.69, 9.17) is 0 Å². The van der Waals surface area contributed by atoms with Crippen molar-refractivity contribution < 1.29 is 14.3 Å². The second kappa shape index (κ2) is 8.92. The van der Waals surface area contributed by atoms with E-state index in [1.807, 2.05) is 24.3 Å². The maximum Gasteiger partial charge on any atom is 0.258 e. The van der Waals surface area contributed by atoms with E-state index in [0.717, 1.165) is 44.1 Å². The smallest absolute Gasteiger partial charge is 0.258 e. The highest BCUT2D eigenvalue weighted by Gasteiger charge is 2.19. The summed E-state index contributed by atoms with van der Waals surface area (Å²) in [6.45, 7) is 4.08. The standard InChI is InChI=1S/C23H23FN4O2/c24-20-7-3-2-6-19(20)23(30)26-18-9-10-22(25-15-18)28-13-11-27(12-14-28)16-17-5-1-4-8-21(17)29/h1-10,15,29H,11-14,16H2,(H,26,30). The largest absolute Gasteiger partial charge is 0.508 e. The molecule has 0 unspecified atom stereocenters. The number of hydrogen-bond donors (Lipinski definition) is 2. The molecule has 0 bridgehead atoms. The molecule has 1 aliphatic heterocycles. The molecule has 0 aliphatic carbocycles. The number of aromatic nitrogens is 1. The lowest BCUT2D eigenvalue weighted by atomic mass is 10.1. The Bertz CT molecular complexity index is 1020. The molecule has 2 N–H and O–H groups in total. The van der Waals surface area contributed by atoms with E-state index in [0.29, 0.717) is 11.4 Å². The van der Waals surface area contributed by atoms with Crippen molar-refractivity contribution in [2.75, 3.05) is 36.4 Å². The molecule has 1 aliphatic rings. The minimum absolute atomic E-state index is 0.00199. The van der Waals surface area contributed by atoms with Crippen LogP contribution in [0, 0.1) is 5.82 Å². The van der Waals surface area contributed by atoms with Crippen LogP contribution in [0.1, 0.15) is 15.9 Å². The maximum atomic E-state index is 13.7. The van der Waals surface area contributed by atoms with Gasteiger partial charge in [-0.3, -0.25) is 9.69 Å². The minimum atomic E-state index is -0.554.